The molecule has 0 N–H and O–H groups in total. The molecule has 1 aliphatic rings. The van der Waals surface area contributed by atoms with Gasteiger partial charge in [-0.15, -0.1) is 0 Å². The summed E-state index contributed by atoms with van der Waals surface area (Å²) in [5, 5.41) is 4.12. The van der Waals surface area contributed by atoms with Crippen LogP contribution in [0.4, 0.5) is 0 Å². The van der Waals surface area contributed by atoms with E-state index < -0.39 is 0 Å². The van der Waals surface area contributed by atoms with Gasteiger partial charge in [-0.3, -0.25) is 4.79 Å². The first kappa shape index (κ1) is 12.5. The van der Waals surface area contributed by atoms with Crippen molar-refractivity contribution in [3.8, 4) is 17.2 Å². The highest BCUT2D eigenvalue weighted by Crippen LogP contribution is 2.35. The second-order valence-electron chi connectivity index (χ2n) is 4.54. The summed E-state index contributed by atoms with van der Waals surface area (Å²) in [6, 6.07) is 7.04. The number of fused-ring (bicyclic) bond motifs is 1. The van der Waals surface area contributed by atoms with Gasteiger partial charge < -0.3 is 14.2 Å². The smallest absolute Gasteiger partial charge is 0.284 e. The minimum absolute atomic E-state index is 0.0817. The van der Waals surface area contributed by atoms with E-state index in [1.54, 1.807) is 18.2 Å². The molecule has 0 radical (unpaired) electrons. The molecule has 6 heteroatoms. The molecule has 0 spiro atoms. The Hall–Kier alpha value is -2.50. The molecule has 0 saturated carbocycles. The summed E-state index contributed by atoms with van der Waals surface area (Å²) in [6.07, 6.45) is 0. The predicted molar refractivity (Wildman–Crippen MR) is 70.4 cm³/mol. The molecule has 2 aromatic rings. The lowest BCUT2D eigenvalue weighted by molar-refractivity contribution is 0.0818. The van der Waals surface area contributed by atoms with Crippen molar-refractivity contribution in [3.63, 3.8) is 0 Å². The molecule has 1 aromatic heterocycles. The van der Waals surface area contributed by atoms with E-state index in [2.05, 4.69) is 5.10 Å². The van der Waals surface area contributed by atoms with Crippen LogP contribution in [-0.4, -0.2) is 29.1 Å². The van der Waals surface area contributed by atoms with Gasteiger partial charge in [-0.2, -0.15) is 5.10 Å². The molecule has 104 valence electrons. The van der Waals surface area contributed by atoms with E-state index in [0.717, 1.165) is 11.4 Å². The molecule has 1 aliphatic heterocycles. The maximum Gasteiger partial charge on any atom is 0.284 e. The van der Waals surface area contributed by atoms with Gasteiger partial charge in [0, 0.05) is 11.8 Å². The van der Waals surface area contributed by atoms with Gasteiger partial charge in [-0.1, -0.05) is 0 Å². The SMILES string of the molecule is Cc1cc(C)n(C(=O)COc2ccc3c(c2)OCO3)n1. The highest BCUT2D eigenvalue weighted by molar-refractivity contribution is 5.80. The summed E-state index contributed by atoms with van der Waals surface area (Å²) in [4.78, 5) is 12.0. The van der Waals surface area contributed by atoms with E-state index in [4.69, 9.17) is 14.2 Å². The van der Waals surface area contributed by atoms with Crippen LogP contribution in [-0.2, 0) is 0 Å². The lowest BCUT2D eigenvalue weighted by Crippen LogP contribution is -2.21. The number of hydrogen-bond donors (Lipinski definition) is 0. The van der Waals surface area contributed by atoms with Crippen molar-refractivity contribution in [2.75, 3.05) is 13.4 Å². The van der Waals surface area contributed by atoms with Gasteiger partial charge in [0.25, 0.3) is 5.91 Å². The molecule has 3 rings (SSSR count). The van der Waals surface area contributed by atoms with Crippen molar-refractivity contribution in [1.82, 2.24) is 9.78 Å². The van der Waals surface area contributed by atoms with Crippen LogP contribution in [0, 0.1) is 13.8 Å². The predicted octanol–water partition coefficient (Wildman–Crippen LogP) is 1.95. The van der Waals surface area contributed by atoms with Gasteiger partial charge in [-0.05, 0) is 32.0 Å². The van der Waals surface area contributed by atoms with E-state index in [1.165, 1.54) is 4.68 Å². The summed E-state index contributed by atoms with van der Waals surface area (Å²) in [5.74, 6) is 1.65. The number of ether oxygens (including phenoxy) is 3. The fourth-order valence-electron chi connectivity index (χ4n) is 2.05. The first-order valence-electron chi connectivity index (χ1n) is 6.22. The minimum atomic E-state index is -0.215. The van der Waals surface area contributed by atoms with Gasteiger partial charge in [0.05, 0.1) is 5.69 Å². The molecule has 0 fully saturated rings. The first-order valence-corrected chi connectivity index (χ1v) is 6.22. The molecule has 0 bridgehead atoms. The van der Waals surface area contributed by atoms with Crippen LogP contribution in [0.3, 0.4) is 0 Å². The fraction of sp³-hybridized carbons (Fsp3) is 0.286. The van der Waals surface area contributed by atoms with Crippen molar-refractivity contribution in [3.05, 3.63) is 35.7 Å². The number of aryl methyl sites for hydroxylation is 2. The molecule has 0 atom stereocenters. The van der Waals surface area contributed by atoms with Crippen LogP contribution in [0.25, 0.3) is 0 Å². The number of carbonyl (C=O) groups is 1. The highest BCUT2D eigenvalue weighted by Gasteiger charge is 2.15. The largest absolute Gasteiger partial charge is 0.484 e. The molecular formula is C14H14N2O4. The Balaban J connectivity index is 1.67. The zero-order valence-electron chi connectivity index (χ0n) is 11.3. The average molecular weight is 274 g/mol. The van der Waals surface area contributed by atoms with Gasteiger partial charge in [0.2, 0.25) is 6.79 Å². The van der Waals surface area contributed by atoms with Crippen LogP contribution in [0.15, 0.2) is 24.3 Å². The van der Waals surface area contributed by atoms with E-state index in [0.29, 0.717) is 17.2 Å². The van der Waals surface area contributed by atoms with Crippen LogP contribution in [0.2, 0.25) is 0 Å². The summed E-state index contributed by atoms with van der Waals surface area (Å²) >= 11 is 0. The maximum atomic E-state index is 12.0. The van der Waals surface area contributed by atoms with Crippen molar-refractivity contribution < 1.29 is 19.0 Å². The summed E-state index contributed by atoms with van der Waals surface area (Å²) in [6.45, 7) is 3.80. The lowest BCUT2D eigenvalue weighted by Gasteiger charge is -2.07. The molecule has 6 nitrogen and oxygen atoms in total. The Bertz CT molecular complexity index is 663. The minimum Gasteiger partial charge on any atom is -0.484 e. The molecule has 0 saturated heterocycles. The van der Waals surface area contributed by atoms with Crippen molar-refractivity contribution in [2.45, 2.75) is 13.8 Å². The second kappa shape index (κ2) is 4.88. The average Bonchev–Trinajstić information content (AvgIpc) is 3.01. The topological polar surface area (TPSA) is 62.6 Å². The number of benzene rings is 1. The molecular weight excluding hydrogens is 260 g/mol. The standard InChI is InChI=1S/C14H14N2O4/c1-9-5-10(2)16(15-9)14(17)7-18-11-3-4-12-13(6-11)20-8-19-12/h3-6H,7-8H2,1-2H3. The summed E-state index contributed by atoms with van der Waals surface area (Å²) < 4.78 is 17.3. The quantitative estimate of drug-likeness (QED) is 0.856. The van der Waals surface area contributed by atoms with Gasteiger partial charge in [0.1, 0.15) is 5.75 Å². The van der Waals surface area contributed by atoms with Crippen LogP contribution < -0.4 is 14.2 Å². The van der Waals surface area contributed by atoms with Crippen LogP contribution in [0.1, 0.15) is 16.2 Å². The normalized spacial score (nSPS) is 12.5. The third-order valence-electron chi connectivity index (χ3n) is 2.95. The third-order valence-corrected chi connectivity index (χ3v) is 2.95. The van der Waals surface area contributed by atoms with E-state index in [9.17, 15) is 4.79 Å². The van der Waals surface area contributed by atoms with Gasteiger partial charge in [-0.25, -0.2) is 4.68 Å². The van der Waals surface area contributed by atoms with E-state index in [-0.39, 0.29) is 19.3 Å². The fourth-order valence-corrected chi connectivity index (χ4v) is 2.05. The maximum absolute atomic E-state index is 12.0. The number of aromatic nitrogens is 2. The number of hydrogen-bond acceptors (Lipinski definition) is 5. The second-order valence-corrected chi connectivity index (χ2v) is 4.54. The summed E-state index contributed by atoms with van der Waals surface area (Å²) in [5.41, 5.74) is 1.60. The zero-order chi connectivity index (χ0) is 14.1. The van der Waals surface area contributed by atoms with Crippen LogP contribution in [0.5, 0.6) is 17.2 Å². The molecule has 1 aromatic carbocycles. The Labute approximate surface area is 115 Å². The molecule has 0 aliphatic carbocycles. The van der Waals surface area contributed by atoms with Gasteiger partial charge >= 0.3 is 0 Å². The molecule has 2 heterocycles. The van der Waals surface area contributed by atoms with E-state index in [1.807, 2.05) is 19.9 Å². The van der Waals surface area contributed by atoms with E-state index >= 15 is 0 Å². The number of carbonyl (C=O) groups excluding carboxylic acids is 1. The van der Waals surface area contributed by atoms with Crippen molar-refractivity contribution in [1.29, 1.82) is 0 Å². The highest BCUT2D eigenvalue weighted by atomic mass is 16.7. The Kier molecular flexibility index (Phi) is 3.06. The molecule has 0 unspecified atom stereocenters. The first-order chi connectivity index (χ1) is 9.63. The zero-order valence-corrected chi connectivity index (χ0v) is 11.3. The molecule has 0 amide bonds. The monoisotopic (exact) mass is 274 g/mol. The Morgan fingerprint density at radius 2 is 2.10 bits per heavy atom. The number of rotatable bonds is 3. The third kappa shape index (κ3) is 2.32. The summed E-state index contributed by atoms with van der Waals surface area (Å²) in [7, 11) is 0. The molecule has 20 heavy (non-hydrogen) atoms. The van der Waals surface area contributed by atoms with Crippen molar-refractivity contribution in [2.24, 2.45) is 0 Å². The van der Waals surface area contributed by atoms with Crippen LogP contribution >= 0.6 is 0 Å². The Morgan fingerprint density at radius 3 is 2.85 bits per heavy atom. The lowest BCUT2D eigenvalue weighted by atomic mass is 10.3. The van der Waals surface area contributed by atoms with Gasteiger partial charge in [0.15, 0.2) is 18.1 Å². The Morgan fingerprint density at radius 1 is 1.30 bits per heavy atom. The number of nitrogens with zero attached hydrogens (tertiary/aromatic N) is 2. The van der Waals surface area contributed by atoms with Crippen molar-refractivity contribution >= 4 is 5.91 Å².